The highest BCUT2D eigenvalue weighted by molar-refractivity contribution is 7.99. The summed E-state index contributed by atoms with van der Waals surface area (Å²) in [5.41, 5.74) is 1.84. The van der Waals surface area contributed by atoms with E-state index in [4.69, 9.17) is 4.74 Å². The van der Waals surface area contributed by atoms with Crippen LogP contribution in [0.25, 0.3) is 21.7 Å². The molecule has 0 bridgehead atoms. The van der Waals surface area contributed by atoms with Gasteiger partial charge in [0.1, 0.15) is 10.6 Å². The lowest BCUT2D eigenvalue weighted by atomic mass is 9.89. The maximum absolute atomic E-state index is 13.8. The van der Waals surface area contributed by atoms with Gasteiger partial charge in [-0.2, -0.15) is 0 Å². The maximum Gasteiger partial charge on any atom is 0.268 e. The molecule has 4 aromatic rings. The van der Waals surface area contributed by atoms with E-state index in [9.17, 15) is 9.90 Å². The van der Waals surface area contributed by atoms with E-state index in [0.29, 0.717) is 22.6 Å². The van der Waals surface area contributed by atoms with Gasteiger partial charge in [0.2, 0.25) is 5.78 Å². The number of aliphatic hydroxyl groups excluding tert-OH is 1. The van der Waals surface area contributed by atoms with Crippen molar-refractivity contribution in [2.45, 2.75) is 44.4 Å². The van der Waals surface area contributed by atoms with Gasteiger partial charge in [-0.1, -0.05) is 18.7 Å². The summed E-state index contributed by atoms with van der Waals surface area (Å²) in [6, 6.07) is 7.41. The molecule has 31 heavy (non-hydrogen) atoms. The van der Waals surface area contributed by atoms with Crippen molar-refractivity contribution in [1.82, 2.24) is 19.2 Å². The highest BCUT2D eigenvalue weighted by atomic mass is 32.2. The summed E-state index contributed by atoms with van der Waals surface area (Å²) in [6.07, 6.45) is 2.54. The first-order chi connectivity index (χ1) is 15.0. The fraction of sp³-hybridized carbons (Fsp3) is 0.409. The number of methoxy groups -OCH3 is 1. The monoisotopic (exact) mass is 456 g/mol. The van der Waals surface area contributed by atoms with Crippen LogP contribution >= 0.6 is 23.1 Å². The van der Waals surface area contributed by atoms with E-state index < -0.39 is 6.10 Å². The molecular formula is C22H24N4O3S2. The summed E-state index contributed by atoms with van der Waals surface area (Å²) in [4.78, 5) is 16.0. The minimum Gasteiger partial charge on any atom is -0.497 e. The third-order valence-corrected chi connectivity index (χ3v) is 8.12. The van der Waals surface area contributed by atoms with Gasteiger partial charge in [-0.3, -0.25) is 4.79 Å². The molecule has 162 valence electrons. The zero-order valence-corrected chi connectivity index (χ0v) is 19.3. The number of thiophene rings is 1. The Kier molecular flexibility index (Phi) is 5.27. The second kappa shape index (κ2) is 7.96. The number of benzene rings is 1. The summed E-state index contributed by atoms with van der Waals surface area (Å²) in [7, 11) is 1.62. The van der Waals surface area contributed by atoms with E-state index in [1.807, 2.05) is 28.7 Å². The van der Waals surface area contributed by atoms with Crippen LogP contribution in [-0.4, -0.2) is 43.2 Å². The molecule has 3 heterocycles. The highest BCUT2D eigenvalue weighted by Gasteiger charge is 2.27. The van der Waals surface area contributed by atoms with Gasteiger partial charge in [-0.15, -0.1) is 21.5 Å². The average molecular weight is 457 g/mol. The fourth-order valence-corrected chi connectivity index (χ4v) is 6.50. The second-order valence-corrected chi connectivity index (χ2v) is 10.2. The third kappa shape index (κ3) is 3.44. The Morgan fingerprint density at radius 1 is 1.32 bits per heavy atom. The molecule has 0 radical (unpaired) electrons. The molecule has 1 aliphatic carbocycles. The fourth-order valence-electron chi connectivity index (χ4n) is 4.15. The smallest absolute Gasteiger partial charge is 0.268 e. The molecule has 3 aromatic heterocycles. The van der Waals surface area contributed by atoms with Crippen molar-refractivity contribution >= 4 is 39.1 Å². The summed E-state index contributed by atoms with van der Waals surface area (Å²) in [5, 5.41) is 20.0. The number of aliphatic hydroxyl groups is 1. The molecule has 1 N–H and O–H groups in total. The van der Waals surface area contributed by atoms with Crippen molar-refractivity contribution in [3.8, 4) is 11.4 Å². The van der Waals surface area contributed by atoms with Crippen molar-refractivity contribution in [2.24, 2.45) is 5.92 Å². The van der Waals surface area contributed by atoms with Crippen LogP contribution in [0, 0.1) is 5.92 Å². The molecule has 0 amide bonds. The number of fused-ring (bicyclic) bond motifs is 5. The van der Waals surface area contributed by atoms with Gasteiger partial charge in [-0.25, -0.2) is 8.97 Å². The topological polar surface area (TPSA) is 81.7 Å². The Morgan fingerprint density at radius 3 is 2.81 bits per heavy atom. The van der Waals surface area contributed by atoms with Crippen LogP contribution in [-0.2, 0) is 12.8 Å². The predicted octanol–water partition coefficient (Wildman–Crippen LogP) is 3.70. The first kappa shape index (κ1) is 20.5. The van der Waals surface area contributed by atoms with Crippen LogP contribution in [0.5, 0.6) is 5.75 Å². The maximum atomic E-state index is 13.8. The molecule has 0 saturated carbocycles. The predicted molar refractivity (Wildman–Crippen MR) is 124 cm³/mol. The molecule has 0 unspecified atom stereocenters. The Morgan fingerprint density at radius 2 is 2.10 bits per heavy atom. The summed E-state index contributed by atoms with van der Waals surface area (Å²) in [5.74, 6) is 2.34. The largest absolute Gasteiger partial charge is 0.497 e. The van der Waals surface area contributed by atoms with E-state index in [0.717, 1.165) is 40.9 Å². The van der Waals surface area contributed by atoms with Crippen LogP contribution < -0.4 is 10.3 Å². The third-order valence-electron chi connectivity index (χ3n) is 5.71. The van der Waals surface area contributed by atoms with Crippen molar-refractivity contribution in [3.63, 3.8) is 0 Å². The average Bonchev–Trinajstić information content (AvgIpc) is 3.33. The molecule has 9 heteroatoms. The number of thioether (sulfide) groups is 1. The van der Waals surface area contributed by atoms with Gasteiger partial charge in [0, 0.05) is 10.6 Å². The molecule has 1 aromatic carbocycles. The van der Waals surface area contributed by atoms with Crippen LogP contribution in [0.3, 0.4) is 0 Å². The zero-order valence-electron chi connectivity index (χ0n) is 17.7. The Labute approximate surface area is 187 Å². The minimum absolute atomic E-state index is 0.0563. The molecule has 2 atom stereocenters. The number of nitrogens with zero attached hydrogens (tertiary/aromatic N) is 4. The van der Waals surface area contributed by atoms with Crippen molar-refractivity contribution < 1.29 is 9.84 Å². The molecule has 0 spiro atoms. The lowest BCUT2D eigenvalue weighted by Crippen LogP contribution is -2.22. The molecular weight excluding hydrogens is 432 g/mol. The van der Waals surface area contributed by atoms with E-state index in [2.05, 4.69) is 17.1 Å². The Bertz CT molecular complexity index is 1320. The van der Waals surface area contributed by atoms with Gasteiger partial charge in [0.15, 0.2) is 5.16 Å². The first-order valence-corrected chi connectivity index (χ1v) is 12.2. The zero-order chi connectivity index (χ0) is 21.7. The molecule has 7 nitrogen and oxygen atoms in total. The van der Waals surface area contributed by atoms with Crippen molar-refractivity contribution in [1.29, 1.82) is 0 Å². The molecule has 0 aliphatic heterocycles. The number of ether oxygens (including phenoxy) is 1. The lowest BCUT2D eigenvalue weighted by molar-refractivity contribution is 0.220. The summed E-state index contributed by atoms with van der Waals surface area (Å²) in [6.45, 7) is 4.02. The van der Waals surface area contributed by atoms with Gasteiger partial charge in [-0.05, 0) is 61.9 Å². The minimum atomic E-state index is -0.460. The number of hydrogen-bond acceptors (Lipinski definition) is 7. The first-order valence-electron chi connectivity index (χ1n) is 10.4. The van der Waals surface area contributed by atoms with Crippen LogP contribution in [0.4, 0.5) is 0 Å². The van der Waals surface area contributed by atoms with E-state index in [1.54, 1.807) is 29.9 Å². The SMILES string of the molecule is COc1ccc(-n2c(=O)c3c4c(sc3n3c(SC[C@@H](C)O)nnc23)C[C@@H](C)CC4)cc1. The van der Waals surface area contributed by atoms with Crippen LogP contribution in [0.2, 0.25) is 0 Å². The lowest BCUT2D eigenvalue weighted by Gasteiger charge is -2.17. The summed E-state index contributed by atoms with van der Waals surface area (Å²) >= 11 is 3.14. The standard InChI is InChI=1S/C22H24N4O3S2/c1-12-4-9-16-17(10-12)31-20-18(16)19(28)25(14-5-7-15(29-3)8-6-14)21-23-24-22(26(20)21)30-11-13(2)27/h5-8,12-13,27H,4,9-11H2,1-3H3/t12-,13+/m0/s1. The highest BCUT2D eigenvalue weighted by Crippen LogP contribution is 2.38. The van der Waals surface area contributed by atoms with Gasteiger partial charge < -0.3 is 9.84 Å². The van der Waals surface area contributed by atoms with Gasteiger partial charge in [0.05, 0.1) is 24.3 Å². The van der Waals surface area contributed by atoms with Crippen molar-refractivity contribution in [3.05, 3.63) is 45.1 Å². The summed E-state index contributed by atoms with van der Waals surface area (Å²) < 4.78 is 8.91. The van der Waals surface area contributed by atoms with Crippen molar-refractivity contribution in [2.75, 3.05) is 12.9 Å². The van der Waals surface area contributed by atoms with Gasteiger partial charge in [0.25, 0.3) is 5.56 Å². The Hall–Kier alpha value is -2.36. The number of hydrogen-bond donors (Lipinski definition) is 1. The van der Waals surface area contributed by atoms with Crippen LogP contribution in [0.1, 0.15) is 30.7 Å². The molecule has 1 aliphatic rings. The Balaban J connectivity index is 1.83. The van der Waals surface area contributed by atoms with E-state index >= 15 is 0 Å². The molecule has 5 rings (SSSR count). The van der Waals surface area contributed by atoms with E-state index in [-0.39, 0.29) is 5.56 Å². The normalized spacial score (nSPS) is 17.2. The molecule has 0 fully saturated rings. The molecule has 0 saturated heterocycles. The van der Waals surface area contributed by atoms with E-state index in [1.165, 1.54) is 22.2 Å². The second-order valence-electron chi connectivity index (χ2n) is 8.15. The van der Waals surface area contributed by atoms with Crippen LogP contribution in [0.15, 0.2) is 34.2 Å². The number of aryl methyl sites for hydroxylation is 1. The number of rotatable bonds is 5. The quantitative estimate of drug-likeness (QED) is 0.461. The number of aromatic nitrogens is 4. The van der Waals surface area contributed by atoms with Gasteiger partial charge >= 0.3 is 0 Å².